The van der Waals surface area contributed by atoms with Crippen molar-refractivity contribution in [2.24, 2.45) is 5.92 Å². The predicted molar refractivity (Wildman–Crippen MR) is 136 cm³/mol. The molecule has 0 bridgehead atoms. The second kappa shape index (κ2) is 10.5. The van der Waals surface area contributed by atoms with Crippen molar-refractivity contribution >= 4 is 22.9 Å². The van der Waals surface area contributed by atoms with Gasteiger partial charge in [0.05, 0.1) is 11.4 Å². The minimum absolute atomic E-state index is 0.0902. The van der Waals surface area contributed by atoms with Crippen LogP contribution in [0.3, 0.4) is 0 Å². The molecular weight excluding hydrogens is 446 g/mol. The zero-order valence-corrected chi connectivity index (χ0v) is 20.2. The smallest absolute Gasteiger partial charge is 0.256 e. The van der Waals surface area contributed by atoms with Crippen molar-refractivity contribution in [2.75, 3.05) is 30.3 Å². The molecule has 35 heavy (non-hydrogen) atoms. The summed E-state index contributed by atoms with van der Waals surface area (Å²) in [7, 11) is 0. The van der Waals surface area contributed by atoms with Crippen molar-refractivity contribution in [3.63, 3.8) is 0 Å². The van der Waals surface area contributed by atoms with Crippen LogP contribution in [0.1, 0.15) is 50.2 Å². The summed E-state index contributed by atoms with van der Waals surface area (Å²) in [5.41, 5.74) is 2.89. The van der Waals surface area contributed by atoms with E-state index in [0.29, 0.717) is 41.0 Å². The minimum atomic E-state index is -0.417. The third-order valence-corrected chi connectivity index (χ3v) is 7.57. The van der Waals surface area contributed by atoms with Crippen LogP contribution in [0.25, 0.3) is 5.57 Å². The lowest BCUT2D eigenvalue weighted by molar-refractivity contribution is -0.110. The number of rotatable bonds is 7. The second-order valence-electron chi connectivity index (χ2n) is 10.2. The summed E-state index contributed by atoms with van der Waals surface area (Å²) in [4.78, 5) is 15.3. The van der Waals surface area contributed by atoms with Crippen molar-refractivity contribution in [1.29, 1.82) is 0 Å². The maximum Gasteiger partial charge on any atom is 0.256 e. The van der Waals surface area contributed by atoms with E-state index in [-0.39, 0.29) is 17.8 Å². The maximum absolute atomic E-state index is 14.9. The topological polar surface area (TPSA) is 56.4 Å². The van der Waals surface area contributed by atoms with Crippen LogP contribution >= 0.6 is 0 Å². The Morgan fingerprint density at radius 2 is 1.89 bits per heavy atom. The van der Waals surface area contributed by atoms with Crippen LogP contribution in [-0.4, -0.2) is 42.5 Å². The Labute approximate surface area is 206 Å². The highest BCUT2D eigenvalue weighted by Crippen LogP contribution is 2.37. The van der Waals surface area contributed by atoms with Gasteiger partial charge < -0.3 is 20.9 Å². The van der Waals surface area contributed by atoms with Crippen LogP contribution in [0.4, 0.5) is 20.2 Å². The molecule has 3 N–H and O–H groups in total. The molecule has 3 unspecified atom stereocenters. The first-order chi connectivity index (χ1) is 17.0. The van der Waals surface area contributed by atoms with Crippen LogP contribution in [0, 0.1) is 17.6 Å². The fraction of sp³-hybridized carbons (Fsp3) is 0.464. The lowest BCUT2D eigenvalue weighted by atomic mass is 9.96. The quantitative estimate of drug-likeness (QED) is 0.480. The Morgan fingerprint density at radius 1 is 1.11 bits per heavy atom. The van der Waals surface area contributed by atoms with Gasteiger partial charge in [0.2, 0.25) is 0 Å². The van der Waals surface area contributed by atoms with E-state index >= 15 is 0 Å². The standard InChI is InChI=1S/C28H34F2N4O/c1-18-13-21(9-12-34-10-3-2-4-11-34)32-25(18)15-23-22-14-24(30)27(16-26(22)33-28(23)35)31-17-19-5-7-20(29)8-6-19/h5-8,14-16,18,21,25,31-32H,2-4,9-13,17H2,1H3,(H,33,35)/b23-15-. The van der Waals surface area contributed by atoms with Crippen molar-refractivity contribution in [1.82, 2.24) is 10.2 Å². The van der Waals surface area contributed by atoms with E-state index in [4.69, 9.17) is 0 Å². The molecule has 2 fully saturated rings. The number of piperidine rings is 1. The molecule has 7 heteroatoms. The van der Waals surface area contributed by atoms with Crippen LogP contribution in [0.5, 0.6) is 0 Å². The number of likely N-dealkylation sites (tertiary alicyclic amines) is 1. The summed E-state index contributed by atoms with van der Waals surface area (Å²) in [5.74, 6) is -0.507. The van der Waals surface area contributed by atoms with Gasteiger partial charge in [0.1, 0.15) is 11.6 Å². The summed E-state index contributed by atoms with van der Waals surface area (Å²) < 4.78 is 28.0. The van der Waals surface area contributed by atoms with Gasteiger partial charge in [0, 0.05) is 29.8 Å². The Morgan fingerprint density at radius 3 is 2.66 bits per heavy atom. The molecule has 3 aliphatic rings. The van der Waals surface area contributed by atoms with Crippen molar-refractivity contribution in [3.05, 3.63) is 65.2 Å². The van der Waals surface area contributed by atoms with E-state index < -0.39 is 5.82 Å². The zero-order valence-electron chi connectivity index (χ0n) is 20.2. The lowest BCUT2D eigenvalue weighted by Crippen LogP contribution is -2.36. The molecule has 2 saturated heterocycles. The molecule has 0 aromatic heterocycles. The molecule has 2 aromatic carbocycles. The van der Waals surface area contributed by atoms with Gasteiger partial charge in [-0.1, -0.05) is 31.6 Å². The van der Waals surface area contributed by atoms with E-state index in [0.717, 1.165) is 24.9 Å². The summed E-state index contributed by atoms with van der Waals surface area (Å²) in [6.07, 6.45) is 8.13. The number of amides is 1. The van der Waals surface area contributed by atoms with Gasteiger partial charge in [-0.3, -0.25) is 4.79 Å². The fourth-order valence-electron chi connectivity index (χ4n) is 5.53. The number of fused-ring (bicyclic) bond motifs is 1. The van der Waals surface area contributed by atoms with E-state index in [1.807, 2.05) is 6.08 Å². The van der Waals surface area contributed by atoms with Crippen molar-refractivity contribution in [2.45, 2.75) is 57.7 Å². The third-order valence-electron chi connectivity index (χ3n) is 7.57. The molecule has 0 aliphatic carbocycles. The van der Waals surface area contributed by atoms with E-state index in [9.17, 15) is 13.6 Å². The first kappa shape index (κ1) is 23.9. The Kier molecular flexibility index (Phi) is 7.16. The molecule has 5 rings (SSSR count). The Balaban J connectivity index is 1.25. The molecule has 186 valence electrons. The Bertz CT molecular complexity index is 1090. The molecule has 2 aromatic rings. The largest absolute Gasteiger partial charge is 0.379 e. The number of nitrogens with one attached hydrogen (secondary N) is 3. The van der Waals surface area contributed by atoms with Gasteiger partial charge in [-0.25, -0.2) is 8.78 Å². The van der Waals surface area contributed by atoms with Gasteiger partial charge in [0.25, 0.3) is 5.91 Å². The number of anilines is 2. The predicted octanol–water partition coefficient (Wildman–Crippen LogP) is 5.16. The van der Waals surface area contributed by atoms with Crippen molar-refractivity contribution in [3.8, 4) is 0 Å². The summed E-state index contributed by atoms with van der Waals surface area (Å²) in [6, 6.07) is 9.67. The van der Waals surface area contributed by atoms with Crippen LogP contribution in [-0.2, 0) is 11.3 Å². The monoisotopic (exact) mass is 480 g/mol. The number of halogens is 2. The van der Waals surface area contributed by atoms with Gasteiger partial charge in [-0.05, 0) is 81.1 Å². The molecule has 0 saturated carbocycles. The Hall–Kier alpha value is -2.77. The average Bonchev–Trinajstić information content (AvgIpc) is 3.36. The third kappa shape index (κ3) is 5.57. The normalized spacial score (nSPS) is 25.6. The minimum Gasteiger partial charge on any atom is -0.379 e. The number of carbonyl (C=O) groups is 1. The molecule has 0 radical (unpaired) electrons. The molecule has 3 atom stereocenters. The SMILES string of the molecule is CC1CC(CCN2CCCCC2)NC1/C=C1\C(=O)Nc2cc(NCc3ccc(F)cc3)c(F)cc21. The number of hydrogen-bond acceptors (Lipinski definition) is 4. The summed E-state index contributed by atoms with van der Waals surface area (Å²) in [5, 5.41) is 9.65. The zero-order chi connectivity index (χ0) is 24.4. The molecule has 1 amide bonds. The van der Waals surface area contributed by atoms with E-state index in [1.54, 1.807) is 18.2 Å². The van der Waals surface area contributed by atoms with Crippen molar-refractivity contribution < 1.29 is 13.6 Å². The summed E-state index contributed by atoms with van der Waals surface area (Å²) in [6.45, 7) is 6.11. The number of benzene rings is 2. The van der Waals surface area contributed by atoms with Gasteiger partial charge >= 0.3 is 0 Å². The molecule has 0 spiro atoms. The number of nitrogens with zero attached hydrogens (tertiary/aromatic N) is 1. The molecule has 3 aliphatic heterocycles. The maximum atomic E-state index is 14.9. The average molecular weight is 481 g/mol. The first-order valence-corrected chi connectivity index (χ1v) is 12.8. The van der Waals surface area contributed by atoms with Crippen LogP contribution in [0.15, 0.2) is 42.5 Å². The van der Waals surface area contributed by atoms with Crippen LogP contribution in [0.2, 0.25) is 0 Å². The highest BCUT2D eigenvalue weighted by Gasteiger charge is 2.33. The van der Waals surface area contributed by atoms with E-state index in [1.165, 1.54) is 50.6 Å². The van der Waals surface area contributed by atoms with Gasteiger partial charge in [-0.15, -0.1) is 0 Å². The molecule has 5 nitrogen and oxygen atoms in total. The summed E-state index contributed by atoms with van der Waals surface area (Å²) >= 11 is 0. The van der Waals surface area contributed by atoms with Crippen LogP contribution < -0.4 is 16.0 Å². The first-order valence-electron chi connectivity index (χ1n) is 12.8. The van der Waals surface area contributed by atoms with Gasteiger partial charge in [-0.2, -0.15) is 0 Å². The molecule has 3 heterocycles. The second-order valence-corrected chi connectivity index (χ2v) is 10.2. The lowest BCUT2D eigenvalue weighted by Gasteiger charge is -2.27. The number of carbonyl (C=O) groups excluding carboxylic acids is 1. The highest BCUT2D eigenvalue weighted by molar-refractivity contribution is 6.31. The fourth-order valence-corrected chi connectivity index (χ4v) is 5.53. The van der Waals surface area contributed by atoms with Gasteiger partial charge in [0.15, 0.2) is 0 Å². The molecular formula is C28H34F2N4O. The number of hydrogen-bond donors (Lipinski definition) is 3. The van der Waals surface area contributed by atoms with E-state index in [2.05, 4.69) is 27.8 Å². The highest BCUT2D eigenvalue weighted by atomic mass is 19.1.